The van der Waals surface area contributed by atoms with Gasteiger partial charge in [0.2, 0.25) is 0 Å². The van der Waals surface area contributed by atoms with Crippen molar-refractivity contribution in [3.8, 4) is 0 Å². The van der Waals surface area contributed by atoms with Crippen molar-refractivity contribution in [3.63, 3.8) is 0 Å². The van der Waals surface area contributed by atoms with Crippen LogP contribution < -0.4 is 0 Å². The molecule has 1 saturated carbocycles. The van der Waals surface area contributed by atoms with E-state index in [0.29, 0.717) is 12.0 Å². The van der Waals surface area contributed by atoms with Gasteiger partial charge in [-0.1, -0.05) is 51.1 Å². The molecule has 0 bridgehead atoms. The average Bonchev–Trinajstić information content (AvgIpc) is 2.65. The number of carbonyl (C=O) groups is 1. The molecule has 0 amide bonds. The van der Waals surface area contributed by atoms with E-state index in [1.54, 1.807) is 0 Å². The smallest absolute Gasteiger partial charge is 0.303 e. The molecule has 148 valence electrons. The van der Waals surface area contributed by atoms with Crippen LogP contribution in [0.3, 0.4) is 0 Å². The second-order valence-electron chi connectivity index (χ2n) is 8.67. The van der Waals surface area contributed by atoms with Gasteiger partial charge in [-0.3, -0.25) is 4.79 Å². The lowest BCUT2D eigenvalue weighted by atomic mass is 9.75. The number of carbonyl (C=O) groups excluding carboxylic acids is 1. The van der Waals surface area contributed by atoms with E-state index in [-0.39, 0.29) is 18.2 Å². The minimum absolute atomic E-state index is 0.102. The van der Waals surface area contributed by atoms with E-state index in [9.17, 15) is 4.79 Å². The molecule has 0 heterocycles. The Bertz CT molecular complexity index is 649. The average molecular weight is 371 g/mol. The van der Waals surface area contributed by atoms with Crippen molar-refractivity contribution >= 4 is 11.5 Å². The maximum absolute atomic E-state index is 11.5. The third-order valence-corrected chi connectivity index (χ3v) is 6.30. The lowest BCUT2D eigenvalue weighted by molar-refractivity contribution is -0.144. The zero-order valence-electron chi connectivity index (χ0n) is 17.2. The third kappa shape index (κ3) is 5.22. The second kappa shape index (κ2) is 9.05. The summed E-state index contributed by atoms with van der Waals surface area (Å²) in [5.74, 6) is 1.88. The molecule has 0 N–H and O–H groups in total. The maximum atomic E-state index is 11.5. The van der Waals surface area contributed by atoms with E-state index in [1.807, 2.05) is 18.2 Å². The lowest BCUT2D eigenvalue weighted by Crippen LogP contribution is -2.36. The molecule has 0 radical (unpaired) electrons. The summed E-state index contributed by atoms with van der Waals surface area (Å²) in [5.41, 5.74) is 2.21. The van der Waals surface area contributed by atoms with Gasteiger partial charge in [0.25, 0.3) is 0 Å². The fourth-order valence-electron chi connectivity index (χ4n) is 4.54. The minimum Gasteiger partial charge on any atom is -0.458 e. The van der Waals surface area contributed by atoms with Gasteiger partial charge in [-0.25, -0.2) is 0 Å². The molecule has 3 heteroatoms. The molecule has 3 nitrogen and oxygen atoms in total. The molecule has 1 aromatic rings. The summed E-state index contributed by atoms with van der Waals surface area (Å²) < 4.78 is 12.2. The van der Waals surface area contributed by atoms with Crippen LogP contribution in [0.5, 0.6) is 0 Å². The molecule has 2 aliphatic carbocycles. The summed E-state index contributed by atoms with van der Waals surface area (Å²) in [6, 6.07) is 10.2. The first kappa shape index (κ1) is 20.1. The van der Waals surface area contributed by atoms with E-state index in [0.717, 1.165) is 42.2 Å². The molecule has 0 aliphatic heterocycles. The van der Waals surface area contributed by atoms with Crippen molar-refractivity contribution in [3.05, 3.63) is 42.0 Å². The fourth-order valence-corrected chi connectivity index (χ4v) is 4.54. The summed E-state index contributed by atoms with van der Waals surface area (Å²) in [7, 11) is 0. The standard InChI is InChI=1S/C24H34O3/c1-16(2)20-11-10-17(3)24(14-20)27-21-12-13-23(26-18(4)25)22(15-21)19-8-6-5-7-9-19/h5-9,15-17,20-21,23-24H,10-14H2,1-4H3/t17?,20?,21-,23-,24?/m1/s1. The number of ether oxygens (including phenoxy) is 2. The molecule has 5 atom stereocenters. The summed E-state index contributed by atoms with van der Waals surface area (Å²) in [6.07, 6.45) is 7.94. The van der Waals surface area contributed by atoms with Gasteiger partial charge in [-0.15, -0.1) is 0 Å². The molecule has 0 saturated heterocycles. The fraction of sp³-hybridized carbons (Fsp3) is 0.625. The number of hydrogen-bond donors (Lipinski definition) is 0. The van der Waals surface area contributed by atoms with E-state index in [4.69, 9.17) is 9.47 Å². The summed E-state index contributed by atoms with van der Waals surface area (Å²) in [4.78, 5) is 11.5. The number of benzene rings is 1. The van der Waals surface area contributed by atoms with Gasteiger partial charge < -0.3 is 9.47 Å². The van der Waals surface area contributed by atoms with Crippen molar-refractivity contribution in [1.82, 2.24) is 0 Å². The highest BCUT2D eigenvalue weighted by Crippen LogP contribution is 2.38. The van der Waals surface area contributed by atoms with Gasteiger partial charge in [0, 0.05) is 6.92 Å². The third-order valence-electron chi connectivity index (χ3n) is 6.30. The van der Waals surface area contributed by atoms with Crippen molar-refractivity contribution in [2.45, 2.75) is 78.1 Å². The van der Waals surface area contributed by atoms with Gasteiger partial charge in [0.05, 0.1) is 12.2 Å². The van der Waals surface area contributed by atoms with Crippen LogP contribution in [-0.2, 0) is 14.3 Å². The lowest BCUT2D eigenvalue weighted by Gasteiger charge is -2.39. The predicted molar refractivity (Wildman–Crippen MR) is 109 cm³/mol. The molecule has 3 rings (SSSR count). The topological polar surface area (TPSA) is 35.5 Å². The Morgan fingerprint density at radius 1 is 1.07 bits per heavy atom. The van der Waals surface area contributed by atoms with Crippen LogP contribution in [0, 0.1) is 17.8 Å². The highest BCUT2D eigenvalue weighted by molar-refractivity contribution is 5.74. The van der Waals surface area contributed by atoms with Crippen LogP contribution in [0.25, 0.3) is 5.57 Å². The Labute approximate surface area is 164 Å². The molecule has 0 aromatic heterocycles. The van der Waals surface area contributed by atoms with Gasteiger partial charge in [0.1, 0.15) is 6.10 Å². The van der Waals surface area contributed by atoms with Crippen LogP contribution in [-0.4, -0.2) is 24.3 Å². The van der Waals surface area contributed by atoms with E-state index < -0.39 is 0 Å². The molecule has 1 fully saturated rings. The molecule has 2 aliphatic rings. The maximum Gasteiger partial charge on any atom is 0.303 e. The zero-order chi connectivity index (χ0) is 19.4. The molecular formula is C24H34O3. The van der Waals surface area contributed by atoms with Crippen LogP contribution >= 0.6 is 0 Å². The van der Waals surface area contributed by atoms with Crippen LogP contribution in [0.2, 0.25) is 0 Å². The molecule has 0 spiro atoms. The first-order valence-electron chi connectivity index (χ1n) is 10.5. The highest BCUT2D eigenvalue weighted by atomic mass is 16.5. The van der Waals surface area contributed by atoms with Crippen molar-refractivity contribution in [2.75, 3.05) is 0 Å². The molecule has 27 heavy (non-hydrogen) atoms. The van der Waals surface area contributed by atoms with Crippen LogP contribution in [0.4, 0.5) is 0 Å². The highest BCUT2D eigenvalue weighted by Gasteiger charge is 2.33. The Morgan fingerprint density at radius 2 is 1.81 bits per heavy atom. The number of hydrogen-bond acceptors (Lipinski definition) is 3. The first-order chi connectivity index (χ1) is 12.9. The van der Waals surface area contributed by atoms with Crippen molar-refractivity contribution in [2.24, 2.45) is 17.8 Å². The zero-order valence-corrected chi connectivity index (χ0v) is 17.2. The van der Waals surface area contributed by atoms with Gasteiger partial charge in [0.15, 0.2) is 0 Å². The summed E-state index contributed by atoms with van der Waals surface area (Å²) in [6.45, 7) is 8.47. The summed E-state index contributed by atoms with van der Waals surface area (Å²) >= 11 is 0. The largest absolute Gasteiger partial charge is 0.458 e. The number of rotatable bonds is 5. The van der Waals surface area contributed by atoms with E-state index in [1.165, 1.54) is 19.8 Å². The predicted octanol–water partition coefficient (Wildman–Crippen LogP) is 5.64. The minimum atomic E-state index is -0.220. The second-order valence-corrected chi connectivity index (χ2v) is 8.67. The van der Waals surface area contributed by atoms with Crippen LogP contribution in [0.15, 0.2) is 36.4 Å². The monoisotopic (exact) mass is 370 g/mol. The molecule has 1 aromatic carbocycles. The van der Waals surface area contributed by atoms with E-state index >= 15 is 0 Å². The van der Waals surface area contributed by atoms with Crippen molar-refractivity contribution in [1.29, 1.82) is 0 Å². The number of esters is 1. The molecule has 3 unspecified atom stereocenters. The normalized spacial score (nSPS) is 31.4. The van der Waals surface area contributed by atoms with Crippen molar-refractivity contribution < 1.29 is 14.3 Å². The Morgan fingerprint density at radius 3 is 2.48 bits per heavy atom. The van der Waals surface area contributed by atoms with Gasteiger partial charge >= 0.3 is 5.97 Å². The van der Waals surface area contributed by atoms with E-state index in [2.05, 4.69) is 39.0 Å². The Hall–Kier alpha value is -1.61. The first-order valence-corrected chi connectivity index (χ1v) is 10.5. The molecular weight excluding hydrogens is 336 g/mol. The summed E-state index contributed by atoms with van der Waals surface area (Å²) in [5, 5.41) is 0. The Kier molecular flexibility index (Phi) is 6.75. The van der Waals surface area contributed by atoms with Gasteiger partial charge in [-0.2, -0.15) is 0 Å². The SMILES string of the molecule is CC(=O)O[C@@H]1CC[C@@H](OC2CC(C(C)C)CCC2C)C=C1c1ccccc1. The van der Waals surface area contributed by atoms with Crippen LogP contribution in [0.1, 0.15) is 65.4 Å². The van der Waals surface area contributed by atoms with Gasteiger partial charge in [-0.05, 0) is 67.1 Å². The Balaban J connectivity index is 1.76. The quantitative estimate of drug-likeness (QED) is 0.629.